The van der Waals surface area contributed by atoms with E-state index in [0.29, 0.717) is 22.1 Å². The van der Waals surface area contributed by atoms with Crippen molar-refractivity contribution in [3.63, 3.8) is 0 Å². The number of aryl methyl sites for hydroxylation is 1. The van der Waals surface area contributed by atoms with Crippen LogP contribution in [0.2, 0.25) is 0 Å². The maximum Gasteiger partial charge on any atom is 0.338 e. The van der Waals surface area contributed by atoms with E-state index < -0.39 is 5.97 Å². The molecule has 1 aromatic carbocycles. The number of esters is 1. The van der Waals surface area contributed by atoms with Crippen LogP contribution in [0.25, 0.3) is 4.96 Å². The average molecular weight is 383 g/mol. The third kappa shape index (κ3) is 3.93. The lowest BCUT2D eigenvalue weighted by atomic mass is 9.90. The fourth-order valence-electron chi connectivity index (χ4n) is 3.37. The van der Waals surface area contributed by atoms with Crippen LogP contribution in [-0.4, -0.2) is 20.6 Å². The van der Waals surface area contributed by atoms with Crippen LogP contribution in [0.4, 0.5) is 0 Å². The van der Waals surface area contributed by atoms with E-state index in [-0.39, 0.29) is 12.2 Å². The second-order valence-electron chi connectivity index (χ2n) is 7.00. The van der Waals surface area contributed by atoms with Crippen molar-refractivity contribution in [2.75, 3.05) is 0 Å². The van der Waals surface area contributed by atoms with Crippen LogP contribution >= 0.6 is 11.3 Å². The fraction of sp³-hybridized carbons (Fsp3) is 0.400. The molecule has 1 aliphatic carbocycles. The average Bonchev–Trinajstić information content (AvgIpc) is 3.12. The van der Waals surface area contributed by atoms with Gasteiger partial charge in [0.25, 0.3) is 5.56 Å². The number of hydrogen-bond donors (Lipinski definition) is 0. The summed E-state index contributed by atoms with van der Waals surface area (Å²) in [4.78, 5) is 29.6. The summed E-state index contributed by atoms with van der Waals surface area (Å²) in [6.45, 7) is 1.92. The number of carbonyl (C=O) groups is 1. The number of carbonyl (C=O) groups excluding carboxylic acids is 1. The molecule has 1 saturated carbocycles. The van der Waals surface area contributed by atoms with E-state index in [1.165, 1.54) is 41.2 Å². The van der Waals surface area contributed by atoms with Crippen LogP contribution in [0.5, 0.6) is 0 Å². The smallest absolute Gasteiger partial charge is 0.338 e. The topological polar surface area (TPSA) is 73.6 Å². The van der Waals surface area contributed by atoms with Gasteiger partial charge in [0.2, 0.25) is 4.96 Å². The molecule has 140 valence electrons. The first-order chi connectivity index (χ1) is 13.1. The predicted molar refractivity (Wildman–Crippen MR) is 103 cm³/mol. The Morgan fingerprint density at radius 3 is 2.70 bits per heavy atom. The van der Waals surface area contributed by atoms with Gasteiger partial charge in [-0.25, -0.2) is 9.78 Å². The van der Waals surface area contributed by atoms with Crippen LogP contribution in [0.1, 0.15) is 64.6 Å². The van der Waals surface area contributed by atoms with Gasteiger partial charge in [0.05, 0.1) is 11.3 Å². The molecule has 1 fully saturated rings. The van der Waals surface area contributed by atoms with E-state index in [4.69, 9.17) is 4.74 Å². The van der Waals surface area contributed by atoms with E-state index >= 15 is 0 Å². The van der Waals surface area contributed by atoms with Gasteiger partial charge < -0.3 is 4.74 Å². The molecule has 2 aromatic heterocycles. The highest BCUT2D eigenvalue weighted by Crippen LogP contribution is 2.34. The van der Waals surface area contributed by atoms with E-state index in [1.54, 1.807) is 12.1 Å². The molecule has 0 spiro atoms. The molecule has 0 bridgehead atoms. The minimum atomic E-state index is -0.427. The molecule has 4 rings (SSSR count). The molecule has 0 aliphatic heterocycles. The molecule has 0 N–H and O–H groups in total. The lowest BCUT2D eigenvalue weighted by Crippen LogP contribution is -2.17. The minimum absolute atomic E-state index is 0.0326. The Balaban J connectivity index is 1.51. The quantitative estimate of drug-likeness (QED) is 0.640. The third-order valence-corrected chi connectivity index (χ3v) is 5.98. The molecule has 0 saturated heterocycles. The van der Waals surface area contributed by atoms with E-state index in [9.17, 15) is 9.59 Å². The summed E-state index contributed by atoms with van der Waals surface area (Å²) in [6, 6.07) is 8.56. The summed E-state index contributed by atoms with van der Waals surface area (Å²) in [7, 11) is 0. The number of aromatic nitrogens is 3. The van der Waals surface area contributed by atoms with Gasteiger partial charge in [0, 0.05) is 12.0 Å². The fourth-order valence-corrected chi connectivity index (χ4v) is 4.46. The van der Waals surface area contributed by atoms with E-state index in [0.717, 1.165) is 23.4 Å². The van der Waals surface area contributed by atoms with Gasteiger partial charge in [-0.15, -0.1) is 0 Å². The van der Waals surface area contributed by atoms with Crippen molar-refractivity contribution < 1.29 is 9.53 Å². The molecule has 0 atom stereocenters. The maximum absolute atomic E-state index is 12.4. The molecular weight excluding hydrogens is 362 g/mol. The van der Waals surface area contributed by atoms with Crippen molar-refractivity contribution in [3.8, 4) is 0 Å². The van der Waals surface area contributed by atoms with E-state index in [2.05, 4.69) is 10.1 Å². The Hall–Kier alpha value is -2.54. The van der Waals surface area contributed by atoms with Crippen molar-refractivity contribution >= 4 is 22.3 Å². The number of hydrogen-bond acceptors (Lipinski definition) is 6. The molecule has 3 aromatic rings. The summed E-state index contributed by atoms with van der Waals surface area (Å²) in [6.07, 6.45) is 5.94. The third-order valence-electron chi connectivity index (χ3n) is 4.91. The first kappa shape index (κ1) is 17.9. The van der Waals surface area contributed by atoms with Crippen LogP contribution < -0.4 is 5.56 Å². The van der Waals surface area contributed by atoms with Gasteiger partial charge in [-0.1, -0.05) is 48.3 Å². The molecule has 1 aliphatic rings. The summed E-state index contributed by atoms with van der Waals surface area (Å²) in [5.41, 5.74) is 1.76. The van der Waals surface area contributed by atoms with Crippen molar-refractivity contribution in [1.82, 2.24) is 14.6 Å². The van der Waals surface area contributed by atoms with Gasteiger partial charge in [-0.2, -0.15) is 9.61 Å². The molecule has 7 heteroatoms. The lowest BCUT2D eigenvalue weighted by molar-refractivity contribution is 0.0468. The van der Waals surface area contributed by atoms with Gasteiger partial charge >= 0.3 is 5.97 Å². The molecule has 2 heterocycles. The molecule has 0 radical (unpaired) electrons. The number of benzene rings is 1. The van der Waals surface area contributed by atoms with Crippen molar-refractivity contribution in [1.29, 1.82) is 0 Å². The van der Waals surface area contributed by atoms with Crippen molar-refractivity contribution in [2.45, 2.75) is 51.6 Å². The normalized spacial score (nSPS) is 15.1. The summed E-state index contributed by atoms with van der Waals surface area (Å²) in [5.74, 6) is -0.00290. The summed E-state index contributed by atoms with van der Waals surface area (Å²) >= 11 is 1.46. The Morgan fingerprint density at radius 2 is 1.96 bits per heavy atom. The lowest BCUT2D eigenvalue weighted by Gasteiger charge is -2.18. The molecule has 6 nitrogen and oxygen atoms in total. The zero-order valence-electron chi connectivity index (χ0n) is 15.2. The number of fused-ring (bicyclic) bond motifs is 1. The van der Waals surface area contributed by atoms with Crippen LogP contribution in [0.15, 0.2) is 35.1 Å². The van der Waals surface area contributed by atoms with Crippen LogP contribution in [0, 0.1) is 6.92 Å². The molecule has 0 unspecified atom stereocenters. The molecule has 0 amide bonds. The Labute approximate surface area is 160 Å². The molecule has 27 heavy (non-hydrogen) atoms. The SMILES string of the molecule is Cc1ccc(C(=O)OCc2cc(=O)n3nc(C4CCCCC4)sc3n2)cc1. The largest absolute Gasteiger partial charge is 0.456 e. The van der Waals surface area contributed by atoms with Gasteiger partial charge in [-0.05, 0) is 31.9 Å². The maximum atomic E-state index is 12.4. The minimum Gasteiger partial charge on any atom is -0.456 e. The van der Waals surface area contributed by atoms with Gasteiger partial charge in [0.1, 0.15) is 11.6 Å². The van der Waals surface area contributed by atoms with Gasteiger partial charge in [0.15, 0.2) is 0 Å². The van der Waals surface area contributed by atoms with Crippen molar-refractivity contribution in [3.05, 3.63) is 62.5 Å². The predicted octanol–water partition coefficient (Wildman–Crippen LogP) is 3.86. The monoisotopic (exact) mass is 383 g/mol. The zero-order valence-corrected chi connectivity index (χ0v) is 16.0. The first-order valence-electron chi connectivity index (χ1n) is 9.23. The second kappa shape index (κ2) is 7.60. The highest BCUT2D eigenvalue weighted by atomic mass is 32.1. The standard InChI is InChI=1S/C20H21N3O3S/c1-13-7-9-15(10-8-13)19(25)26-12-16-11-17(24)23-20(21-16)27-18(22-23)14-5-3-2-4-6-14/h7-11,14H,2-6,12H2,1H3. The Kier molecular flexibility index (Phi) is 5.03. The van der Waals surface area contributed by atoms with E-state index in [1.807, 2.05) is 19.1 Å². The first-order valence-corrected chi connectivity index (χ1v) is 10.1. The highest BCUT2D eigenvalue weighted by molar-refractivity contribution is 7.16. The summed E-state index contributed by atoms with van der Waals surface area (Å²) < 4.78 is 6.68. The Bertz CT molecular complexity index is 1020. The summed E-state index contributed by atoms with van der Waals surface area (Å²) in [5, 5.41) is 5.46. The van der Waals surface area contributed by atoms with Crippen LogP contribution in [-0.2, 0) is 11.3 Å². The second-order valence-corrected chi connectivity index (χ2v) is 7.99. The van der Waals surface area contributed by atoms with Gasteiger partial charge in [-0.3, -0.25) is 4.79 Å². The number of rotatable bonds is 4. The molecular formula is C20H21N3O3S. The van der Waals surface area contributed by atoms with Crippen molar-refractivity contribution in [2.24, 2.45) is 0 Å². The Morgan fingerprint density at radius 1 is 1.22 bits per heavy atom. The van der Waals surface area contributed by atoms with Crippen LogP contribution in [0.3, 0.4) is 0 Å². The number of nitrogens with zero attached hydrogens (tertiary/aromatic N) is 3. The number of ether oxygens (including phenoxy) is 1. The highest BCUT2D eigenvalue weighted by Gasteiger charge is 2.20. The zero-order chi connectivity index (χ0) is 18.8.